The van der Waals surface area contributed by atoms with E-state index in [1.54, 1.807) is 24.9 Å². The van der Waals surface area contributed by atoms with Gasteiger partial charge in [-0.25, -0.2) is 9.97 Å². The summed E-state index contributed by atoms with van der Waals surface area (Å²) < 4.78 is 10.9. The first-order valence-electron chi connectivity index (χ1n) is 7.77. The molecule has 2 saturated heterocycles. The molecule has 4 heterocycles. The topological polar surface area (TPSA) is 87.6 Å². The molecule has 7 heteroatoms. The molecule has 118 valence electrons. The molecule has 2 aliphatic rings. The van der Waals surface area contributed by atoms with E-state index in [1.165, 1.54) is 0 Å². The van der Waals surface area contributed by atoms with Crippen molar-refractivity contribution in [3.63, 3.8) is 0 Å². The van der Waals surface area contributed by atoms with Crippen molar-refractivity contribution in [2.45, 2.75) is 43.5 Å². The van der Waals surface area contributed by atoms with Crippen molar-refractivity contribution in [3.05, 3.63) is 36.7 Å². The molecule has 0 saturated carbocycles. The predicted octanol–water partition coefficient (Wildman–Crippen LogP) is 1.26. The Morgan fingerprint density at radius 2 is 1.91 bits per heavy atom. The molecule has 2 N–H and O–H groups in total. The molecule has 0 aromatic carbocycles. The summed E-state index contributed by atoms with van der Waals surface area (Å²) in [6, 6.07) is 0.530. The van der Waals surface area contributed by atoms with Crippen LogP contribution >= 0.6 is 0 Å². The second-order valence-corrected chi connectivity index (χ2v) is 6.03. The zero-order valence-electron chi connectivity index (χ0n) is 12.3. The van der Waals surface area contributed by atoms with Gasteiger partial charge < -0.3 is 19.3 Å². The number of β-amino-alcohol motifs (C(OH)–C–C–N with tert-alkyl or cyclic N) is 1. The fourth-order valence-corrected chi connectivity index (χ4v) is 3.68. The minimum Gasteiger partial charge on any atom is -0.447 e. The third-order valence-corrected chi connectivity index (χ3v) is 4.65. The Balaban J connectivity index is 1.52. The van der Waals surface area contributed by atoms with E-state index in [4.69, 9.17) is 8.83 Å². The molecule has 7 nitrogen and oxygen atoms in total. The second kappa shape index (κ2) is 5.83. The van der Waals surface area contributed by atoms with E-state index in [-0.39, 0.29) is 18.2 Å². The van der Waals surface area contributed by atoms with E-state index in [0.717, 1.165) is 25.3 Å². The van der Waals surface area contributed by atoms with Crippen LogP contribution in [0.3, 0.4) is 0 Å². The van der Waals surface area contributed by atoms with Crippen LogP contribution in [-0.4, -0.2) is 45.2 Å². The summed E-state index contributed by atoms with van der Waals surface area (Å²) in [6.45, 7) is 1.57. The average molecular weight is 304 g/mol. The molecule has 4 rings (SSSR count). The van der Waals surface area contributed by atoms with Crippen molar-refractivity contribution in [1.82, 2.24) is 20.2 Å². The van der Waals surface area contributed by atoms with Crippen LogP contribution in [-0.2, 0) is 0 Å². The minimum atomic E-state index is -0.327. The number of rotatable bonds is 3. The fourth-order valence-electron chi connectivity index (χ4n) is 3.68. The second-order valence-electron chi connectivity index (χ2n) is 6.03. The van der Waals surface area contributed by atoms with E-state index in [9.17, 15) is 5.11 Å². The summed E-state index contributed by atoms with van der Waals surface area (Å²) in [6.07, 6.45) is 8.82. The minimum absolute atomic E-state index is 0.0540. The number of hydrogen-bond donors (Lipinski definition) is 2. The number of aliphatic hydroxyl groups excluding tert-OH is 1. The molecule has 2 aliphatic heterocycles. The number of aliphatic hydroxyl groups is 1. The largest absolute Gasteiger partial charge is 0.447 e. The molecule has 22 heavy (non-hydrogen) atoms. The maximum atomic E-state index is 10.1. The maximum absolute atomic E-state index is 10.1. The lowest BCUT2D eigenvalue weighted by Gasteiger charge is -2.37. The normalized spacial score (nSPS) is 33.3. The van der Waals surface area contributed by atoms with Crippen LogP contribution in [0.2, 0.25) is 0 Å². The van der Waals surface area contributed by atoms with Gasteiger partial charge in [-0.15, -0.1) is 0 Å². The fraction of sp³-hybridized carbons (Fsp3) is 0.600. The molecule has 0 radical (unpaired) electrons. The van der Waals surface area contributed by atoms with Crippen molar-refractivity contribution >= 4 is 0 Å². The number of hydrogen-bond acceptors (Lipinski definition) is 7. The number of nitrogens with one attached hydrogen (secondary N) is 1. The van der Waals surface area contributed by atoms with Gasteiger partial charge in [0, 0.05) is 12.6 Å². The smallest absolute Gasteiger partial charge is 0.211 e. The van der Waals surface area contributed by atoms with Gasteiger partial charge in [-0.3, -0.25) is 4.90 Å². The summed E-state index contributed by atoms with van der Waals surface area (Å²) in [5.41, 5.74) is 0. The summed E-state index contributed by atoms with van der Waals surface area (Å²) >= 11 is 0. The SMILES string of the molecule is O[C@H]1CC(c2ncco2)N([C@@H]2CCN[C@H](c3ncco3)C2)C1. The molecule has 0 bridgehead atoms. The van der Waals surface area contributed by atoms with Gasteiger partial charge in [0.15, 0.2) is 0 Å². The third kappa shape index (κ3) is 2.55. The Labute approximate surface area is 128 Å². The summed E-state index contributed by atoms with van der Waals surface area (Å²) in [7, 11) is 0. The Hall–Kier alpha value is -1.70. The first-order valence-corrected chi connectivity index (χ1v) is 7.77. The van der Waals surface area contributed by atoms with Gasteiger partial charge in [-0.05, 0) is 25.8 Å². The third-order valence-electron chi connectivity index (χ3n) is 4.65. The van der Waals surface area contributed by atoms with Gasteiger partial charge in [0.1, 0.15) is 12.5 Å². The zero-order chi connectivity index (χ0) is 14.9. The highest BCUT2D eigenvalue weighted by Gasteiger charge is 2.41. The molecule has 1 unspecified atom stereocenters. The number of likely N-dealkylation sites (tertiary alicyclic amines) is 1. The molecular formula is C15H20N4O3. The lowest BCUT2D eigenvalue weighted by Crippen LogP contribution is -2.44. The van der Waals surface area contributed by atoms with E-state index in [1.807, 2.05) is 0 Å². The predicted molar refractivity (Wildman–Crippen MR) is 76.8 cm³/mol. The number of oxazole rings is 2. The van der Waals surface area contributed by atoms with Gasteiger partial charge in [-0.2, -0.15) is 0 Å². The molecule has 2 aromatic rings. The van der Waals surface area contributed by atoms with Crippen molar-refractivity contribution in [2.24, 2.45) is 0 Å². The lowest BCUT2D eigenvalue weighted by atomic mass is 9.97. The van der Waals surface area contributed by atoms with Crippen molar-refractivity contribution in [1.29, 1.82) is 0 Å². The van der Waals surface area contributed by atoms with Crippen LogP contribution in [0.5, 0.6) is 0 Å². The average Bonchev–Trinajstić information content (AvgIpc) is 3.28. The van der Waals surface area contributed by atoms with Gasteiger partial charge >= 0.3 is 0 Å². The van der Waals surface area contributed by atoms with Crippen LogP contribution in [0.25, 0.3) is 0 Å². The highest BCUT2D eigenvalue weighted by Crippen LogP contribution is 2.37. The highest BCUT2D eigenvalue weighted by atomic mass is 16.3. The van der Waals surface area contributed by atoms with Crippen LogP contribution in [0, 0.1) is 0 Å². The number of nitrogens with zero attached hydrogens (tertiary/aromatic N) is 3. The summed E-state index contributed by atoms with van der Waals surface area (Å²) in [5.74, 6) is 1.43. The molecule has 0 amide bonds. The first-order chi connectivity index (χ1) is 10.8. The van der Waals surface area contributed by atoms with E-state index < -0.39 is 0 Å². The van der Waals surface area contributed by atoms with E-state index in [2.05, 4.69) is 20.2 Å². The monoisotopic (exact) mass is 304 g/mol. The van der Waals surface area contributed by atoms with Crippen LogP contribution in [0.15, 0.2) is 33.8 Å². The van der Waals surface area contributed by atoms with Gasteiger partial charge in [0.2, 0.25) is 11.8 Å². The molecular weight excluding hydrogens is 284 g/mol. The Bertz CT molecular complexity index is 586. The van der Waals surface area contributed by atoms with Crippen LogP contribution < -0.4 is 5.32 Å². The molecule has 2 aromatic heterocycles. The highest BCUT2D eigenvalue weighted by molar-refractivity contribution is 5.03. The number of piperidine rings is 1. The Kier molecular flexibility index (Phi) is 3.69. The van der Waals surface area contributed by atoms with Crippen LogP contribution in [0.4, 0.5) is 0 Å². The zero-order valence-corrected chi connectivity index (χ0v) is 12.3. The molecule has 0 aliphatic carbocycles. The standard InChI is InChI=1S/C15H20N4O3/c20-11-8-13(15-18-4-6-22-15)19(9-11)10-1-2-16-12(7-10)14-17-3-5-21-14/h3-6,10-13,16,20H,1-2,7-9H2/t10-,11+,12+,13?/m1/s1. The first kappa shape index (κ1) is 13.9. The molecule has 4 atom stereocenters. The molecule has 0 spiro atoms. The maximum Gasteiger partial charge on any atom is 0.211 e. The van der Waals surface area contributed by atoms with Gasteiger partial charge in [0.25, 0.3) is 0 Å². The van der Waals surface area contributed by atoms with E-state index in [0.29, 0.717) is 24.9 Å². The van der Waals surface area contributed by atoms with E-state index >= 15 is 0 Å². The Morgan fingerprint density at radius 3 is 2.64 bits per heavy atom. The Morgan fingerprint density at radius 1 is 1.14 bits per heavy atom. The summed E-state index contributed by atoms with van der Waals surface area (Å²) in [5, 5.41) is 13.5. The number of aromatic nitrogens is 2. The van der Waals surface area contributed by atoms with Gasteiger partial charge in [0.05, 0.1) is 30.6 Å². The quantitative estimate of drug-likeness (QED) is 0.882. The summed E-state index contributed by atoms with van der Waals surface area (Å²) in [4.78, 5) is 10.9. The van der Waals surface area contributed by atoms with Crippen molar-refractivity contribution < 1.29 is 13.9 Å². The van der Waals surface area contributed by atoms with Crippen molar-refractivity contribution in [3.8, 4) is 0 Å². The van der Waals surface area contributed by atoms with Crippen molar-refractivity contribution in [2.75, 3.05) is 13.1 Å². The molecule has 2 fully saturated rings. The van der Waals surface area contributed by atoms with Crippen LogP contribution in [0.1, 0.15) is 43.1 Å². The lowest BCUT2D eigenvalue weighted by molar-refractivity contribution is 0.101. The van der Waals surface area contributed by atoms with Gasteiger partial charge in [-0.1, -0.05) is 0 Å².